The van der Waals surface area contributed by atoms with Gasteiger partial charge in [-0.15, -0.1) is 0 Å². The molecule has 0 aliphatic carbocycles. The third-order valence-electron chi connectivity index (χ3n) is 2.86. The summed E-state index contributed by atoms with van der Waals surface area (Å²) in [5, 5.41) is 0. The predicted molar refractivity (Wildman–Crippen MR) is 69.9 cm³/mol. The normalized spacial score (nSPS) is 11.2. The quantitative estimate of drug-likeness (QED) is 0.858. The number of hydrogen-bond donors (Lipinski definition) is 1. The molecule has 4 heteroatoms. The molecule has 17 heavy (non-hydrogen) atoms. The van der Waals surface area contributed by atoms with Crippen LogP contribution in [0, 0.1) is 6.92 Å². The topological polar surface area (TPSA) is 56.7 Å². The molecule has 0 fully saturated rings. The van der Waals surface area contributed by atoms with Gasteiger partial charge in [-0.1, -0.05) is 6.92 Å². The molecule has 0 radical (unpaired) electrons. The number of rotatable bonds is 5. The highest BCUT2D eigenvalue weighted by Crippen LogP contribution is 2.16. The molecular weight excluding hydrogens is 212 g/mol. The van der Waals surface area contributed by atoms with E-state index in [0.717, 1.165) is 48.4 Å². The summed E-state index contributed by atoms with van der Waals surface area (Å²) in [5.41, 5.74) is 8.74. The SMILES string of the molecule is CCCc1nc2cc(C)cnc2n1CCCN. The van der Waals surface area contributed by atoms with Crippen LogP contribution < -0.4 is 5.73 Å². The van der Waals surface area contributed by atoms with Crippen molar-refractivity contribution in [2.24, 2.45) is 5.73 Å². The van der Waals surface area contributed by atoms with Crippen LogP contribution in [-0.4, -0.2) is 21.1 Å². The number of pyridine rings is 1. The zero-order valence-corrected chi connectivity index (χ0v) is 10.6. The molecule has 0 aromatic carbocycles. The van der Waals surface area contributed by atoms with E-state index < -0.39 is 0 Å². The first-order chi connectivity index (χ1) is 8.26. The fraction of sp³-hybridized carbons (Fsp3) is 0.538. The first-order valence-electron chi connectivity index (χ1n) is 6.28. The molecule has 92 valence electrons. The molecule has 0 amide bonds. The van der Waals surface area contributed by atoms with Crippen LogP contribution in [0.5, 0.6) is 0 Å². The molecule has 0 saturated carbocycles. The Balaban J connectivity index is 2.46. The van der Waals surface area contributed by atoms with Crippen LogP contribution >= 0.6 is 0 Å². The summed E-state index contributed by atoms with van der Waals surface area (Å²) < 4.78 is 2.21. The van der Waals surface area contributed by atoms with Crippen LogP contribution in [0.3, 0.4) is 0 Å². The van der Waals surface area contributed by atoms with Crippen LogP contribution in [0.25, 0.3) is 11.2 Å². The van der Waals surface area contributed by atoms with Gasteiger partial charge in [-0.05, 0) is 37.9 Å². The Bertz CT molecular complexity index is 501. The zero-order chi connectivity index (χ0) is 12.3. The lowest BCUT2D eigenvalue weighted by Gasteiger charge is -2.06. The minimum atomic E-state index is 0.705. The van der Waals surface area contributed by atoms with Crippen molar-refractivity contribution in [1.29, 1.82) is 0 Å². The lowest BCUT2D eigenvalue weighted by molar-refractivity contribution is 0.622. The summed E-state index contributed by atoms with van der Waals surface area (Å²) in [7, 11) is 0. The number of aryl methyl sites for hydroxylation is 3. The molecule has 0 bridgehead atoms. The average molecular weight is 232 g/mol. The van der Waals surface area contributed by atoms with Crippen molar-refractivity contribution in [3.05, 3.63) is 23.7 Å². The van der Waals surface area contributed by atoms with Crippen molar-refractivity contribution in [3.8, 4) is 0 Å². The van der Waals surface area contributed by atoms with Gasteiger partial charge in [-0.2, -0.15) is 0 Å². The second-order valence-electron chi connectivity index (χ2n) is 4.43. The van der Waals surface area contributed by atoms with E-state index in [2.05, 4.69) is 27.5 Å². The van der Waals surface area contributed by atoms with E-state index in [4.69, 9.17) is 5.73 Å². The highest BCUT2D eigenvalue weighted by Gasteiger charge is 2.10. The number of nitrogens with two attached hydrogens (primary N) is 1. The smallest absolute Gasteiger partial charge is 0.160 e. The molecule has 0 aliphatic rings. The summed E-state index contributed by atoms with van der Waals surface area (Å²) in [6, 6.07) is 2.10. The Morgan fingerprint density at radius 2 is 2.24 bits per heavy atom. The standard InChI is InChI=1S/C13H20N4/c1-3-5-12-16-11-8-10(2)9-15-13(11)17(12)7-4-6-14/h8-9H,3-7,14H2,1-2H3. The zero-order valence-electron chi connectivity index (χ0n) is 10.6. The Morgan fingerprint density at radius 1 is 1.41 bits per heavy atom. The van der Waals surface area contributed by atoms with Crippen LogP contribution in [-0.2, 0) is 13.0 Å². The molecule has 0 aliphatic heterocycles. The number of nitrogens with zero attached hydrogens (tertiary/aromatic N) is 3. The summed E-state index contributed by atoms with van der Waals surface area (Å²) in [6.45, 7) is 5.84. The Morgan fingerprint density at radius 3 is 2.94 bits per heavy atom. The maximum atomic E-state index is 5.58. The molecule has 2 heterocycles. The average Bonchev–Trinajstić information content (AvgIpc) is 2.63. The summed E-state index contributed by atoms with van der Waals surface area (Å²) in [6.07, 6.45) is 4.97. The molecule has 0 saturated heterocycles. The minimum Gasteiger partial charge on any atom is -0.330 e. The first-order valence-corrected chi connectivity index (χ1v) is 6.28. The van der Waals surface area contributed by atoms with E-state index in [1.54, 1.807) is 0 Å². The van der Waals surface area contributed by atoms with Crippen molar-refractivity contribution in [2.75, 3.05) is 6.54 Å². The van der Waals surface area contributed by atoms with Gasteiger partial charge in [0.15, 0.2) is 5.65 Å². The van der Waals surface area contributed by atoms with Gasteiger partial charge in [0.05, 0.1) is 0 Å². The number of imidazole rings is 1. The van der Waals surface area contributed by atoms with Gasteiger partial charge in [-0.3, -0.25) is 0 Å². The fourth-order valence-corrected chi connectivity index (χ4v) is 2.06. The van der Waals surface area contributed by atoms with Gasteiger partial charge in [0.2, 0.25) is 0 Å². The highest BCUT2D eigenvalue weighted by atomic mass is 15.1. The van der Waals surface area contributed by atoms with Crippen molar-refractivity contribution in [1.82, 2.24) is 14.5 Å². The van der Waals surface area contributed by atoms with E-state index >= 15 is 0 Å². The van der Waals surface area contributed by atoms with Gasteiger partial charge in [0.1, 0.15) is 11.3 Å². The van der Waals surface area contributed by atoms with Crippen molar-refractivity contribution in [3.63, 3.8) is 0 Å². The van der Waals surface area contributed by atoms with E-state index in [1.165, 1.54) is 0 Å². The van der Waals surface area contributed by atoms with Gasteiger partial charge < -0.3 is 10.3 Å². The molecule has 0 atom stereocenters. The summed E-state index contributed by atoms with van der Waals surface area (Å²) in [4.78, 5) is 9.17. The monoisotopic (exact) mass is 232 g/mol. The van der Waals surface area contributed by atoms with E-state index in [0.29, 0.717) is 6.54 Å². The second-order valence-corrected chi connectivity index (χ2v) is 4.43. The lowest BCUT2D eigenvalue weighted by atomic mass is 10.3. The molecular formula is C13H20N4. The Kier molecular flexibility index (Phi) is 3.74. The second kappa shape index (κ2) is 5.27. The highest BCUT2D eigenvalue weighted by molar-refractivity contribution is 5.72. The van der Waals surface area contributed by atoms with E-state index in [1.807, 2.05) is 13.1 Å². The first kappa shape index (κ1) is 12.0. The number of fused-ring (bicyclic) bond motifs is 1. The predicted octanol–water partition coefficient (Wildman–Crippen LogP) is 2.04. The molecule has 0 spiro atoms. The summed E-state index contributed by atoms with van der Waals surface area (Å²) in [5.74, 6) is 1.13. The number of aromatic nitrogens is 3. The maximum absolute atomic E-state index is 5.58. The third kappa shape index (κ3) is 2.47. The van der Waals surface area contributed by atoms with Gasteiger partial charge in [0.25, 0.3) is 0 Å². The Labute approximate surface area is 102 Å². The van der Waals surface area contributed by atoms with Crippen LogP contribution in [0.4, 0.5) is 0 Å². The van der Waals surface area contributed by atoms with Crippen molar-refractivity contribution in [2.45, 2.75) is 39.7 Å². The van der Waals surface area contributed by atoms with Gasteiger partial charge >= 0.3 is 0 Å². The molecule has 2 aromatic heterocycles. The van der Waals surface area contributed by atoms with Crippen molar-refractivity contribution >= 4 is 11.2 Å². The third-order valence-corrected chi connectivity index (χ3v) is 2.86. The van der Waals surface area contributed by atoms with Crippen LogP contribution in [0.15, 0.2) is 12.3 Å². The van der Waals surface area contributed by atoms with Gasteiger partial charge in [-0.25, -0.2) is 9.97 Å². The molecule has 2 aromatic rings. The number of hydrogen-bond acceptors (Lipinski definition) is 3. The molecule has 0 unspecified atom stereocenters. The fourth-order valence-electron chi connectivity index (χ4n) is 2.06. The van der Waals surface area contributed by atoms with Crippen LogP contribution in [0.2, 0.25) is 0 Å². The maximum Gasteiger partial charge on any atom is 0.160 e. The van der Waals surface area contributed by atoms with Crippen molar-refractivity contribution < 1.29 is 0 Å². The van der Waals surface area contributed by atoms with Gasteiger partial charge in [0, 0.05) is 19.2 Å². The van der Waals surface area contributed by atoms with E-state index in [-0.39, 0.29) is 0 Å². The summed E-state index contributed by atoms with van der Waals surface area (Å²) >= 11 is 0. The van der Waals surface area contributed by atoms with E-state index in [9.17, 15) is 0 Å². The molecule has 4 nitrogen and oxygen atoms in total. The minimum absolute atomic E-state index is 0.705. The largest absolute Gasteiger partial charge is 0.330 e. The van der Waals surface area contributed by atoms with Crippen LogP contribution in [0.1, 0.15) is 31.2 Å². The Hall–Kier alpha value is -1.42. The molecule has 2 N–H and O–H groups in total. The lowest BCUT2D eigenvalue weighted by Crippen LogP contribution is -2.09. The molecule has 2 rings (SSSR count).